The van der Waals surface area contributed by atoms with Crippen molar-refractivity contribution in [2.24, 2.45) is 0 Å². The van der Waals surface area contributed by atoms with E-state index >= 15 is 0 Å². The van der Waals surface area contributed by atoms with Crippen molar-refractivity contribution in [3.8, 4) is 6.07 Å². The summed E-state index contributed by atoms with van der Waals surface area (Å²) in [5.74, 6) is -0.0477. The number of hydrogen-bond donors (Lipinski definition) is 1. The summed E-state index contributed by atoms with van der Waals surface area (Å²) in [6, 6.07) is 2.04. The number of morpholine rings is 1. The van der Waals surface area contributed by atoms with E-state index in [1.807, 2.05) is 11.0 Å². The van der Waals surface area contributed by atoms with Crippen molar-refractivity contribution in [1.82, 2.24) is 10.2 Å². The number of nitrogens with one attached hydrogen (secondary N) is 1. The van der Waals surface area contributed by atoms with Crippen LogP contribution in [0.25, 0.3) is 0 Å². The van der Waals surface area contributed by atoms with Gasteiger partial charge in [0.2, 0.25) is 5.91 Å². The lowest BCUT2D eigenvalue weighted by atomic mass is 10.3. The molecule has 1 rings (SSSR count). The normalized spacial score (nSPS) is 21.7. The zero-order valence-corrected chi connectivity index (χ0v) is 8.61. The predicted molar refractivity (Wildman–Crippen MR) is 55.0 cm³/mol. The van der Waals surface area contributed by atoms with E-state index in [1.165, 1.54) is 0 Å². The van der Waals surface area contributed by atoms with Crippen LogP contribution >= 0.6 is 0 Å². The topological polar surface area (TPSA) is 65.4 Å². The molecule has 0 radical (unpaired) electrons. The first-order valence-corrected chi connectivity index (χ1v) is 4.87. The van der Waals surface area contributed by atoms with Gasteiger partial charge in [0.15, 0.2) is 6.10 Å². The third kappa shape index (κ3) is 4.11. The van der Waals surface area contributed by atoms with Gasteiger partial charge in [0.1, 0.15) is 0 Å². The minimum atomic E-state index is -0.411. The Kier molecular flexibility index (Phi) is 4.81. The van der Waals surface area contributed by atoms with Gasteiger partial charge in [-0.15, -0.1) is 6.58 Å². The third-order valence-electron chi connectivity index (χ3n) is 2.11. The molecule has 15 heavy (non-hydrogen) atoms. The monoisotopic (exact) mass is 209 g/mol. The molecule has 1 unspecified atom stereocenters. The first kappa shape index (κ1) is 11.7. The molecule has 0 bridgehead atoms. The molecule has 5 nitrogen and oxygen atoms in total. The maximum absolute atomic E-state index is 11.3. The van der Waals surface area contributed by atoms with Gasteiger partial charge in [-0.25, -0.2) is 0 Å². The molecule has 1 aliphatic heterocycles. The van der Waals surface area contributed by atoms with Crippen LogP contribution in [-0.2, 0) is 9.53 Å². The van der Waals surface area contributed by atoms with E-state index < -0.39 is 6.10 Å². The van der Waals surface area contributed by atoms with Crippen LogP contribution in [-0.4, -0.2) is 49.7 Å². The fourth-order valence-corrected chi connectivity index (χ4v) is 1.37. The van der Waals surface area contributed by atoms with Crippen LogP contribution in [0.3, 0.4) is 0 Å². The third-order valence-corrected chi connectivity index (χ3v) is 2.11. The first-order chi connectivity index (χ1) is 7.26. The second-order valence-electron chi connectivity index (χ2n) is 3.32. The highest BCUT2D eigenvalue weighted by Gasteiger charge is 2.21. The van der Waals surface area contributed by atoms with E-state index in [-0.39, 0.29) is 5.91 Å². The van der Waals surface area contributed by atoms with Gasteiger partial charge in [-0.3, -0.25) is 9.69 Å². The zero-order chi connectivity index (χ0) is 11.1. The number of nitriles is 1. The van der Waals surface area contributed by atoms with Gasteiger partial charge in [0.05, 0.1) is 19.2 Å². The highest BCUT2D eigenvalue weighted by atomic mass is 16.5. The smallest absolute Gasteiger partial charge is 0.234 e. The lowest BCUT2D eigenvalue weighted by Crippen LogP contribution is -2.46. The molecule has 1 amide bonds. The predicted octanol–water partition coefficient (Wildman–Crippen LogP) is -0.487. The minimum absolute atomic E-state index is 0.0477. The van der Waals surface area contributed by atoms with Crippen LogP contribution in [0.4, 0.5) is 0 Å². The molecule has 1 heterocycles. The first-order valence-electron chi connectivity index (χ1n) is 4.87. The highest BCUT2D eigenvalue weighted by Crippen LogP contribution is 2.03. The second-order valence-corrected chi connectivity index (χ2v) is 3.32. The molecule has 0 aliphatic carbocycles. The summed E-state index contributed by atoms with van der Waals surface area (Å²) in [6.45, 7) is 6.00. The summed E-state index contributed by atoms with van der Waals surface area (Å²) >= 11 is 0. The molecule has 1 fully saturated rings. The van der Waals surface area contributed by atoms with Crippen LogP contribution in [0.2, 0.25) is 0 Å². The van der Waals surface area contributed by atoms with Crippen LogP contribution in [0.1, 0.15) is 0 Å². The van der Waals surface area contributed by atoms with Crippen LogP contribution < -0.4 is 5.32 Å². The van der Waals surface area contributed by atoms with E-state index in [9.17, 15) is 4.79 Å². The Labute approximate surface area is 89.3 Å². The zero-order valence-electron chi connectivity index (χ0n) is 8.61. The van der Waals surface area contributed by atoms with Crippen molar-refractivity contribution in [1.29, 1.82) is 5.26 Å². The number of carbonyl (C=O) groups is 1. The molecule has 0 aromatic heterocycles. The summed E-state index contributed by atoms with van der Waals surface area (Å²) in [4.78, 5) is 13.3. The van der Waals surface area contributed by atoms with E-state index in [0.717, 1.165) is 0 Å². The number of amides is 1. The molecule has 0 saturated carbocycles. The Morgan fingerprint density at radius 1 is 1.80 bits per heavy atom. The second kappa shape index (κ2) is 6.17. The van der Waals surface area contributed by atoms with E-state index in [4.69, 9.17) is 10.00 Å². The van der Waals surface area contributed by atoms with Gasteiger partial charge in [0.25, 0.3) is 0 Å². The fraction of sp³-hybridized carbons (Fsp3) is 0.600. The van der Waals surface area contributed by atoms with Crippen LogP contribution in [0, 0.1) is 11.3 Å². The lowest BCUT2D eigenvalue weighted by Gasteiger charge is -2.28. The Bertz CT molecular complexity index is 272. The van der Waals surface area contributed by atoms with Crippen molar-refractivity contribution in [3.63, 3.8) is 0 Å². The quantitative estimate of drug-likeness (QED) is 0.635. The molecular weight excluding hydrogens is 194 g/mol. The number of hydrogen-bond acceptors (Lipinski definition) is 4. The summed E-state index contributed by atoms with van der Waals surface area (Å²) in [6.07, 6.45) is 1.22. The SMILES string of the molecule is C=CCNC(=O)CN1CCOC(C#N)C1. The number of carbonyl (C=O) groups excluding carboxylic acids is 1. The molecule has 5 heteroatoms. The van der Waals surface area contributed by atoms with E-state index in [0.29, 0.717) is 32.8 Å². The Balaban J connectivity index is 2.28. The van der Waals surface area contributed by atoms with Crippen molar-refractivity contribution in [2.75, 3.05) is 32.8 Å². The number of ether oxygens (including phenoxy) is 1. The summed E-state index contributed by atoms with van der Waals surface area (Å²) in [5.41, 5.74) is 0. The van der Waals surface area contributed by atoms with E-state index in [1.54, 1.807) is 6.08 Å². The van der Waals surface area contributed by atoms with Crippen molar-refractivity contribution >= 4 is 5.91 Å². The lowest BCUT2D eigenvalue weighted by molar-refractivity contribution is -0.123. The molecule has 0 aromatic rings. The van der Waals surface area contributed by atoms with Gasteiger partial charge in [0, 0.05) is 19.6 Å². The summed E-state index contributed by atoms with van der Waals surface area (Å²) in [5, 5.41) is 11.4. The maximum atomic E-state index is 11.3. The Morgan fingerprint density at radius 2 is 2.60 bits per heavy atom. The summed E-state index contributed by atoms with van der Waals surface area (Å²) in [7, 11) is 0. The molecule has 1 saturated heterocycles. The van der Waals surface area contributed by atoms with Crippen molar-refractivity contribution < 1.29 is 9.53 Å². The molecule has 1 atom stereocenters. The Morgan fingerprint density at radius 3 is 3.27 bits per heavy atom. The Hall–Kier alpha value is -1.38. The standard InChI is InChI=1S/C10H15N3O2/c1-2-3-12-10(14)8-13-4-5-15-9(6-11)7-13/h2,9H,1,3-5,7-8H2,(H,12,14). The summed E-state index contributed by atoms with van der Waals surface area (Å²) < 4.78 is 5.17. The van der Waals surface area contributed by atoms with Gasteiger partial charge >= 0.3 is 0 Å². The molecule has 0 spiro atoms. The molecule has 1 N–H and O–H groups in total. The average molecular weight is 209 g/mol. The molecule has 82 valence electrons. The molecular formula is C10H15N3O2. The van der Waals surface area contributed by atoms with Gasteiger partial charge in [-0.2, -0.15) is 5.26 Å². The largest absolute Gasteiger partial charge is 0.361 e. The maximum Gasteiger partial charge on any atom is 0.234 e. The van der Waals surface area contributed by atoms with Gasteiger partial charge in [-0.1, -0.05) is 6.08 Å². The number of nitrogens with zero attached hydrogens (tertiary/aromatic N) is 2. The number of rotatable bonds is 4. The van der Waals surface area contributed by atoms with Gasteiger partial charge in [-0.05, 0) is 0 Å². The van der Waals surface area contributed by atoms with Crippen molar-refractivity contribution in [2.45, 2.75) is 6.10 Å². The fourth-order valence-electron chi connectivity index (χ4n) is 1.37. The van der Waals surface area contributed by atoms with E-state index in [2.05, 4.69) is 11.9 Å². The van der Waals surface area contributed by atoms with Gasteiger partial charge < -0.3 is 10.1 Å². The van der Waals surface area contributed by atoms with Crippen LogP contribution in [0.5, 0.6) is 0 Å². The average Bonchev–Trinajstić information content (AvgIpc) is 2.26. The highest BCUT2D eigenvalue weighted by molar-refractivity contribution is 5.78. The minimum Gasteiger partial charge on any atom is -0.361 e. The molecule has 1 aliphatic rings. The van der Waals surface area contributed by atoms with Crippen LogP contribution in [0.15, 0.2) is 12.7 Å². The molecule has 0 aromatic carbocycles. The van der Waals surface area contributed by atoms with Crippen molar-refractivity contribution in [3.05, 3.63) is 12.7 Å².